The van der Waals surface area contributed by atoms with Crippen LogP contribution in [0.4, 0.5) is 0 Å². The van der Waals surface area contributed by atoms with Crippen molar-refractivity contribution < 1.29 is 57.5 Å². The van der Waals surface area contributed by atoms with E-state index in [-0.39, 0.29) is 55.8 Å². The summed E-state index contributed by atoms with van der Waals surface area (Å²) in [6, 6.07) is -9.41. The Balaban J connectivity index is 4.37. The van der Waals surface area contributed by atoms with Crippen LogP contribution < -0.4 is 21.3 Å². The Labute approximate surface area is 515 Å². The molecule has 0 spiro atoms. The first-order valence-corrected chi connectivity index (χ1v) is 31.3. The second kappa shape index (κ2) is 35.1. The van der Waals surface area contributed by atoms with E-state index in [1.165, 1.54) is 75.6 Å². The molecule has 0 aromatic carbocycles. The first-order chi connectivity index (χ1) is 39.6. The van der Waals surface area contributed by atoms with Gasteiger partial charge in [0, 0.05) is 58.9 Å². The SMILES string of the molecule is C/C=C/C[C@@H](C)C(=O)[C@H]1C(=O)N[C@@H](C(C)C)C(=O)N(C)CC(=O)N(C)[C@@H](CC(C)C)C(=O)N[C@@H](C(C)C)C(=O)N(C)[C@@H](CC(C)C)C(=O)N[C@@H](C)C(=O)N[C@H](C)C(=O)N(C)[C@@H](CC(C)C)C(=O)N(C)[C@@H](CC(C)C)C(=O)C(C)[C@@H](C(C)C)C(=O)C1C. The molecule has 1 aliphatic heterocycles. The lowest BCUT2D eigenvalue weighted by atomic mass is 9.70. The average Bonchev–Trinajstić information content (AvgIpc) is 2.16. The van der Waals surface area contributed by atoms with Gasteiger partial charge in [-0.1, -0.05) is 130 Å². The molecular weight excluding hydrogens is 1100 g/mol. The number of carbonyl (C=O) groups excluding carboxylic acids is 12. The van der Waals surface area contributed by atoms with Crippen molar-refractivity contribution >= 4 is 70.5 Å². The van der Waals surface area contributed by atoms with Crippen LogP contribution in [0.5, 0.6) is 0 Å². The van der Waals surface area contributed by atoms with Crippen LogP contribution in [0.3, 0.4) is 0 Å². The summed E-state index contributed by atoms with van der Waals surface area (Å²) in [4.78, 5) is 182. The lowest BCUT2D eigenvalue weighted by Crippen LogP contribution is -2.60. The van der Waals surface area contributed by atoms with E-state index in [1.54, 1.807) is 74.5 Å². The van der Waals surface area contributed by atoms with Gasteiger partial charge in [-0.15, -0.1) is 0 Å². The van der Waals surface area contributed by atoms with E-state index >= 15 is 9.59 Å². The van der Waals surface area contributed by atoms with Gasteiger partial charge in [0.05, 0.1) is 12.6 Å². The molecule has 1 aliphatic rings. The van der Waals surface area contributed by atoms with Crippen molar-refractivity contribution in [2.75, 3.05) is 41.8 Å². The van der Waals surface area contributed by atoms with Crippen molar-refractivity contribution in [2.24, 2.45) is 71.0 Å². The molecule has 9 amide bonds. The maximum absolute atomic E-state index is 15.3. The molecule has 86 heavy (non-hydrogen) atoms. The zero-order valence-corrected chi connectivity index (χ0v) is 57.1. The third-order valence-electron chi connectivity index (χ3n) is 16.8. The molecule has 0 bridgehead atoms. The van der Waals surface area contributed by atoms with Crippen molar-refractivity contribution in [3.8, 4) is 0 Å². The van der Waals surface area contributed by atoms with Crippen LogP contribution in [-0.2, 0) is 57.5 Å². The van der Waals surface area contributed by atoms with Gasteiger partial charge in [-0.05, 0) is 94.3 Å². The molecule has 1 saturated heterocycles. The molecule has 4 N–H and O–H groups in total. The van der Waals surface area contributed by atoms with Crippen LogP contribution in [-0.4, -0.2) is 185 Å². The highest BCUT2D eigenvalue weighted by atomic mass is 16.2. The van der Waals surface area contributed by atoms with E-state index in [9.17, 15) is 47.9 Å². The summed E-state index contributed by atoms with van der Waals surface area (Å²) >= 11 is 0. The minimum atomic E-state index is -1.62. The van der Waals surface area contributed by atoms with Crippen molar-refractivity contribution in [1.82, 2.24) is 45.8 Å². The van der Waals surface area contributed by atoms with Crippen molar-refractivity contribution in [1.29, 1.82) is 0 Å². The van der Waals surface area contributed by atoms with Gasteiger partial charge in [-0.3, -0.25) is 57.5 Å². The quantitative estimate of drug-likeness (QED) is 0.113. The van der Waals surface area contributed by atoms with E-state index in [0.29, 0.717) is 0 Å². The minimum Gasteiger partial charge on any atom is -0.343 e. The van der Waals surface area contributed by atoms with Crippen LogP contribution in [0, 0.1) is 71.0 Å². The van der Waals surface area contributed by atoms with Crippen LogP contribution in [0.1, 0.15) is 171 Å². The van der Waals surface area contributed by atoms with E-state index in [4.69, 9.17) is 0 Å². The van der Waals surface area contributed by atoms with Crippen molar-refractivity contribution in [2.45, 2.75) is 219 Å². The first kappa shape index (κ1) is 78.0. The van der Waals surface area contributed by atoms with Crippen molar-refractivity contribution in [3.05, 3.63) is 12.2 Å². The second-order valence-corrected chi connectivity index (χ2v) is 27.3. The van der Waals surface area contributed by atoms with E-state index < -0.39 is 173 Å². The molecule has 0 aromatic heterocycles. The van der Waals surface area contributed by atoms with Gasteiger partial charge < -0.3 is 45.8 Å². The van der Waals surface area contributed by atoms with Gasteiger partial charge in [0.2, 0.25) is 53.2 Å². The number of hydrogen-bond donors (Lipinski definition) is 4. The van der Waals surface area contributed by atoms with Gasteiger partial charge in [0.15, 0.2) is 5.78 Å². The summed E-state index contributed by atoms with van der Waals surface area (Å²) in [5.41, 5.74) is 0. The summed E-state index contributed by atoms with van der Waals surface area (Å²) < 4.78 is 0. The molecule has 21 nitrogen and oxygen atoms in total. The number of Topliss-reactive ketones (excluding diaryl/α,β-unsaturated/α-hetero) is 3. The highest BCUT2D eigenvalue weighted by Crippen LogP contribution is 2.33. The summed E-state index contributed by atoms with van der Waals surface area (Å²) in [6.45, 7) is 34.2. The predicted molar refractivity (Wildman–Crippen MR) is 334 cm³/mol. The number of hydrogen-bond acceptors (Lipinski definition) is 12. The molecule has 1 fully saturated rings. The number of ketones is 3. The standard InChI is InChI=1S/C65H113N9O12/c1-26-27-28-41(16)55(76)52-43(18)57(78)51(38(10)11)42(17)56(77)46(29-34(2)3)72(23)63(84)49(32-37(8)9)74(25)62(83)45(20)67-58(79)44(19)66-59(80)48(31-36(6)7)73(24)65(86)54(40(14)15)68-60(81)47(30-35(4)5)71(22)50(75)33-70(21)64(85)53(39(12)13)69-61(52)82/h26-27,34-49,51-54H,28-33H2,1-25H3,(H,66,80)(H,67,79)(H,68,81)(H,69,82)/b27-26+/t41-,42?,43?,44+,45-,46+,47+,48+,49+,51-,52+,53+,54+/m1/s1. The number of likely N-dealkylation sites (N-methyl/N-ethyl adjacent to an activating group) is 5. The van der Waals surface area contributed by atoms with Crippen LogP contribution in [0.2, 0.25) is 0 Å². The van der Waals surface area contributed by atoms with Crippen LogP contribution in [0.15, 0.2) is 12.2 Å². The van der Waals surface area contributed by atoms with E-state index in [2.05, 4.69) is 21.3 Å². The number of carbonyl (C=O) groups is 12. The lowest BCUT2D eigenvalue weighted by molar-refractivity contribution is -0.151. The zero-order chi connectivity index (χ0) is 66.8. The fraction of sp³-hybridized carbons (Fsp3) is 0.785. The van der Waals surface area contributed by atoms with Crippen LogP contribution >= 0.6 is 0 Å². The zero-order valence-electron chi connectivity index (χ0n) is 57.1. The second-order valence-electron chi connectivity index (χ2n) is 27.3. The van der Waals surface area contributed by atoms with E-state index in [1.807, 2.05) is 55.4 Å². The summed E-state index contributed by atoms with van der Waals surface area (Å²) in [6.07, 6.45) is 4.45. The molecule has 13 atom stereocenters. The Morgan fingerprint density at radius 3 is 1.33 bits per heavy atom. The smallest absolute Gasteiger partial charge is 0.245 e. The molecule has 2 unspecified atom stereocenters. The Kier molecular flexibility index (Phi) is 31.8. The molecule has 0 aliphatic carbocycles. The Morgan fingerprint density at radius 1 is 0.453 bits per heavy atom. The van der Waals surface area contributed by atoms with Gasteiger partial charge in [-0.25, -0.2) is 0 Å². The Morgan fingerprint density at radius 2 is 0.860 bits per heavy atom. The molecule has 0 aromatic rings. The first-order valence-electron chi connectivity index (χ1n) is 31.3. The maximum Gasteiger partial charge on any atom is 0.245 e. The molecular formula is C65H113N9O12. The van der Waals surface area contributed by atoms with Gasteiger partial charge in [0.25, 0.3) is 0 Å². The number of nitrogens with one attached hydrogen (secondary N) is 4. The number of amides is 9. The monoisotopic (exact) mass is 1210 g/mol. The number of allylic oxidation sites excluding steroid dienone is 2. The van der Waals surface area contributed by atoms with Gasteiger partial charge in [0.1, 0.15) is 59.8 Å². The fourth-order valence-electron chi connectivity index (χ4n) is 11.3. The molecule has 1 rings (SSSR count). The molecule has 0 saturated carbocycles. The van der Waals surface area contributed by atoms with Gasteiger partial charge in [-0.2, -0.15) is 0 Å². The lowest BCUT2D eigenvalue weighted by Gasteiger charge is -2.38. The topological polar surface area (TPSA) is 269 Å². The molecule has 1 heterocycles. The fourth-order valence-corrected chi connectivity index (χ4v) is 11.3. The average molecular weight is 1210 g/mol. The van der Waals surface area contributed by atoms with Crippen molar-refractivity contribution in [3.63, 3.8) is 0 Å². The highest BCUT2D eigenvalue weighted by molar-refractivity contribution is 6.08. The Bertz CT molecular complexity index is 2400. The van der Waals surface area contributed by atoms with E-state index in [0.717, 1.165) is 4.90 Å². The highest BCUT2D eigenvalue weighted by Gasteiger charge is 2.47. The molecule has 0 radical (unpaired) electrons. The third kappa shape index (κ3) is 21.7. The summed E-state index contributed by atoms with van der Waals surface area (Å²) in [5, 5.41) is 11.0. The largest absolute Gasteiger partial charge is 0.343 e. The minimum absolute atomic E-state index is 0.130. The molecule has 21 heteroatoms. The van der Waals surface area contributed by atoms with Crippen LogP contribution in [0.25, 0.3) is 0 Å². The maximum atomic E-state index is 15.3. The summed E-state index contributed by atoms with van der Waals surface area (Å²) in [7, 11) is 7.17. The molecule has 490 valence electrons. The normalized spacial score (nSPS) is 28.0. The Hall–Kier alpha value is -6.02. The number of rotatable bonds is 15. The number of nitrogens with zero attached hydrogens (tertiary/aromatic N) is 5. The third-order valence-corrected chi connectivity index (χ3v) is 16.8. The predicted octanol–water partition coefficient (Wildman–Crippen LogP) is 5.71. The van der Waals surface area contributed by atoms with Gasteiger partial charge >= 0.3 is 0 Å². The summed E-state index contributed by atoms with van der Waals surface area (Å²) in [5.74, 6) is -15.6.